The number of benzene rings is 1. The van der Waals surface area contributed by atoms with Crippen LogP contribution >= 0.6 is 22.9 Å². The van der Waals surface area contributed by atoms with Gasteiger partial charge in [-0.05, 0) is 38.1 Å². The van der Waals surface area contributed by atoms with Crippen molar-refractivity contribution in [2.75, 3.05) is 6.61 Å². The van der Waals surface area contributed by atoms with Gasteiger partial charge in [0, 0.05) is 4.88 Å². The Bertz CT molecular complexity index is 667. The molecule has 0 aliphatic rings. The van der Waals surface area contributed by atoms with Gasteiger partial charge < -0.3 is 4.74 Å². The molecule has 2 aromatic rings. The van der Waals surface area contributed by atoms with Gasteiger partial charge in [0.05, 0.1) is 15.6 Å². The highest BCUT2D eigenvalue weighted by molar-refractivity contribution is 7.14. The Balaban J connectivity index is 1.86. The molecule has 21 heavy (non-hydrogen) atoms. The summed E-state index contributed by atoms with van der Waals surface area (Å²) >= 11 is 7.56. The Morgan fingerprint density at radius 3 is 2.76 bits per heavy atom. The van der Waals surface area contributed by atoms with Gasteiger partial charge in [0.15, 0.2) is 6.61 Å². The molecule has 2 rings (SSSR count). The molecule has 0 aliphatic carbocycles. The molecule has 0 bridgehead atoms. The highest BCUT2D eigenvalue weighted by atomic mass is 35.5. The zero-order chi connectivity index (χ0) is 15.2. The second-order valence-corrected chi connectivity index (χ2v) is 6.06. The number of carbonyl (C=O) groups excluding carboxylic acids is 1. The Kier molecular flexibility index (Phi) is 5.36. The number of hydrogen-bond acceptors (Lipinski definition) is 4. The molecule has 0 fully saturated rings. The van der Waals surface area contributed by atoms with Gasteiger partial charge in [-0.2, -0.15) is 5.10 Å². The normalized spacial score (nSPS) is 11.3. The van der Waals surface area contributed by atoms with E-state index in [4.69, 9.17) is 16.3 Å². The summed E-state index contributed by atoms with van der Waals surface area (Å²) in [5.74, 6) is 0.145. The Labute approximate surface area is 132 Å². The molecule has 0 spiro atoms. The third-order valence-corrected chi connectivity index (χ3v) is 4.06. The molecule has 6 heteroatoms. The van der Waals surface area contributed by atoms with Crippen LogP contribution in [0.15, 0.2) is 41.5 Å². The second kappa shape index (κ2) is 7.24. The molecule has 1 heterocycles. The minimum absolute atomic E-state index is 0.135. The van der Waals surface area contributed by atoms with Crippen molar-refractivity contribution in [3.8, 4) is 5.75 Å². The minimum atomic E-state index is -0.331. The standard InChI is InChI=1S/C15H15ClN2O2S/c1-10-7-8-14(21-10)11(2)17-18-15(19)9-20-13-6-4-3-5-12(13)16/h3-8H,9H2,1-2H3,(H,18,19)/b17-11-. The number of halogens is 1. The van der Waals surface area contributed by atoms with Gasteiger partial charge in [0.25, 0.3) is 5.91 Å². The summed E-state index contributed by atoms with van der Waals surface area (Å²) in [6, 6.07) is 11.0. The third-order valence-electron chi connectivity index (χ3n) is 2.64. The van der Waals surface area contributed by atoms with E-state index in [-0.39, 0.29) is 12.5 Å². The molecule has 0 atom stereocenters. The van der Waals surface area contributed by atoms with Crippen LogP contribution in [0.1, 0.15) is 16.7 Å². The maximum absolute atomic E-state index is 11.7. The summed E-state index contributed by atoms with van der Waals surface area (Å²) in [5, 5.41) is 4.53. The van der Waals surface area contributed by atoms with Crippen molar-refractivity contribution in [2.24, 2.45) is 5.10 Å². The Hall–Kier alpha value is -1.85. The highest BCUT2D eigenvalue weighted by Crippen LogP contribution is 2.22. The molecule has 1 aromatic carbocycles. The van der Waals surface area contributed by atoms with Gasteiger partial charge in [-0.3, -0.25) is 4.79 Å². The van der Waals surface area contributed by atoms with Crippen molar-refractivity contribution in [2.45, 2.75) is 13.8 Å². The number of amides is 1. The number of nitrogens with one attached hydrogen (secondary N) is 1. The van der Waals surface area contributed by atoms with E-state index < -0.39 is 0 Å². The number of aryl methyl sites for hydroxylation is 1. The fourth-order valence-corrected chi connectivity index (χ4v) is 2.57. The van der Waals surface area contributed by atoms with Crippen LogP contribution in [0.4, 0.5) is 0 Å². The fraction of sp³-hybridized carbons (Fsp3) is 0.200. The molecule has 1 amide bonds. The lowest BCUT2D eigenvalue weighted by atomic mass is 10.3. The molecule has 0 saturated heterocycles. The number of rotatable bonds is 5. The van der Waals surface area contributed by atoms with Crippen molar-refractivity contribution >= 4 is 34.6 Å². The van der Waals surface area contributed by atoms with Crippen LogP contribution in [0.3, 0.4) is 0 Å². The van der Waals surface area contributed by atoms with Crippen LogP contribution in [0.5, 0.6) is 5.75 Å². The Morgan fingerprint density at radius 2 is 2.10 bits per heavy atom. The number of ether oxygens (including phenoxy) is 1. The maximum atomic E-state index is 11.7. The fourth-order valence-electron chi connectivity index (χ4n) is 1.57. The summed E-state index contributed by atoms with van der Waals surface area (Å²) in [6.07, 6.45) is 0. The first-order valence-electron chi connectivity index (χ1n) is 6.33. The van der Waals surface area contributed by atoms with Crippen molar-refractivity contribution in [3.05, 3.63) is 51.2 Å². The average Bonchev–Trinajstić information content (AvgIpc) is 2.90. The molecular formula is C15H15ClN2O2S. The van der Waals surface area contributed by atoms with Gasteiger partial charge >= 0.3 is 0 Å². The topological polar surface area (TPSA) is 50.7 Å². The zero-order valence-corrected chi connectivity index (χ0v) is 13.3. The van der Waals surface area contributed by atoms with Crippen LogP contribution in [-0.4, -0.2) is 18.2 Å². The first-order valence-corrected chi connectivity index (χ1v) is 7.53. The van der Waals surface area contributed by atoms with Crippen LogP contribution in [0, 0.1) is 6.92 Å². The van der Waals surface area contributed by atoms with Crippen molar-refractivity contribution in [1.82, 2.24) is 5.43 Å². The van der Waals surface area contributed by atoms with Crippen LogP contribution in [-0.2, 0) is 4.79 Å². The number of para-hydroxylation sites is 1. The van der Waals surface area contributed by atoms with E-state index in [2.05, 4.69) is 10.5 Å². The predicted octanol–water partition coefficient (Wildman–Crippen LogP) is 3.63. The maximum Gasteiger partial charge on any atom is 0.277 e. The summed E-state index contributed by atoms with van der Waals surface area (Å²) in [6.45, 7) is 3.74. The van der Waals surface area contributed by atoms with Crippen molar-refractivity contribution < 1.29 is 9.53 Å². The van der Waals surface area contributed by atoms with Gasteiger partial charge in [0.1, 0.15) is 5.75 Å². The average molecular weight is 323 g/mol. The first-order chi connectivity index (χ1) is 10.1. The third kappa shape index (κ3) is 4.58. The van der Waals surface area contributed by atoms with Crippen LogP contribution in [0.25, 0.3) is 0 Å². The molecule has 0 saturated carbocycles. The molecule has 1 aromatic heterocycles. The lowest BCUT2D eigenvalue weighted by Gasteiger charge is -2.06. The monoisotopic (exact) mass is 322 g/mol. The SMILES string of the molecule is C/C(=N/NC(=O)COc1ccccc1Cl)c1ccc(C)s1. The molecule has 110 valence electrons. The van der Waals surface area contributed by atoms with Crippen molar-refractivity contribution in [1.29, 1.82) is 0 Å². The Morgan fingerprint density at radius 1 is 1.33 bits per heavy atom. The van der Waals surface area contributed by atoms with Gasteiger partial charge in [-0.15, -0.1) is 11.3 Å². The molecule has 0 radical (unpaired) electrons. The van der Waals surface area contributed by atoms with E-state index >= 15 is 0 Å². The number of hydrogen-bond donors (Lipinski definition) is 1. The quantitative estimate of drug-likeness (QED) is 0.675. The molecular weight excluding hydrogens is 308 g/mol. The summed E-state index contributed by atoms with van der Waals surface area (Å²) in [7, 11) is 0. The minimum Gasteiger partial charge on any atom is -0.482 e. The lowest BCUT2D eigenvalue weighted by Crippen LogP contribution is -2.25. The number of carbonyl (C=O) groups is 1. The summed E-state index contributed by atoms with van der Waals surface area (Å²) in [5.41, 5.74) is 3.23. The largest absolute Gasteiger partial charge is 0.482 e. The van der Waals surface area contributed by atoms with Gasteiger partial charge in [-0.25, -0.2) is 5.43 Å². The number of hydrazone groups is 1. The van der Waals surface area contributed by atoms with E-state index in [1.54, 1.807) is 35.6 Å². The van der Waals surface area contributed by atoms with Gasteiger partial charge in [0.2, 0.25) is 0 Å². The van der Waals surface area contributed by atoms with Gasteiger partial charge in [-0.1, -0.05) is 23.7 Å². The first kappa shape index (κ1) is 15.5. The molecule has 1 N–H and O–H groups in total. The molecule has 0 unspecified atom stereocenters. The smallest absolute Gasteiger partial charge is 0.277 e. The van der Waals surface area contributed by atoms with Crippen LogP contribution in [0.2, 0.25) is 5.02 Å². The number of nitrogens with zero attached hydrogens (tertiary/aromatic N) is 1. The van der Waals surface area contributed by atoms with Crippen LogP contribution < -0.4 is 10.2 Å². The predicted molar refractivity (Wildman–Crippen MR) is 86.4 cm³/mol. The number of thiophene rings is 1. The van der Waals surface area contributed by atoms with Crippen molar-refractivity contribution in [3.63, 3.8) is 0 Å². The lowest BCUT2D eigenvalue weighted by molar-refractivity contribution is -0.123. The van der Waals surface area contributed by atoms with E-state index in [0.29, 0.717) is 10.8 Å². The zero-order valence-electron chi connectivity index (χ0n) is 11.7. The summed E-state index contributed by atoms with van der Waals surface area (Å²) < 4.78 is 5.33. The van der Waals surface area contributed by atoms with E-state index in [9.17, 15) is 4.79 Å². The highest BCUT2D eigenvalue weighted by Gasteiger charge is 2.06. The summed E-state index contributed by atoms with van der Waals surface area (Å²) in [4.78, 5) is 13.9. The van der Waals surface area contributed by atoms with E-state index in [1.165, 1.54) is 4.88 Å². The molecule has 4 nitrogen and oxygen atoms in total. The van der Waals surface area contributed by atoms with E-state index in [1.807, 2.05) is 26.0 Å². The van der Waals surface area contributed by atoms with E-state index in [0.717, 1.165) is 10.6 Å². The second-order valence-electron chi connectivity index (χ2n) is 4.36. The molecule has 0 aliphatic heterocycles.